The van der Waals surface area contributed by atoms with Crippen LogP contribution in [0.4, 0.5) is 0 Å². The lowest BCUT2D eigenvalue weighted by atomic mass is 9.49. The molecular formula is C20H28O3. The van der Waals surface area contributed by atoms with Crippen LogP contribution in [0, 0.1) is 11.3 Å². The molecule has 1 aromatic rings. The Balaban J connectivity index is 2.27. The largest absolute Gasteiger partial charge is 0.504 e. The van der Waals surface area contributed by atoms with Crippen molar-refractivity contribution in [2.45, 2.75) is 71.6 Å². The summed E-state index contributed by atoms with van der Waals surface area (Å²) in [7, 11) is 0. The highest BCUT2D eigenvalue weighted by Crippen LogP contribution is 2.59. The Morgan fingerprint density at radius 1 is 1.13 bits per heavy atom. The number of fused-ring (bicyclic) bond motifs is 3. The number of benzene rings is 1. The minimum Gasteiger partial charge on any atom is -0.504 e. The third kappa shape index (κ3) is 2.20. The summed E-state index contributed by atoms with van der Waals surface area (Å²) in [5.41, 5.74) is 2.00. The highest BCUT2D eigenvalue weighted by molar-refractivity contribution is 5.89. The number of aromatic hydroxyl groups is 2. The highest BCUT2D eigenvalue weighted by atomic mass is 16.3. The van der Waals surface area contributed by atoms with E-state index in [1.807, 2.05) is 19.9 Å². The van der Waals surface area contributed by atoms with Crippen molar-refractivity contribution >= 4 is 5.78 Å². The average Bonchev–Trinajstić information content (AvgIpc) is 2.40. The second kappa shape index (κ2) is 4.99. The molecule has 0 bridgehead atoms. The topological polar surface area (TPSA) is 57.5 Å². The van der Waals surface area contributed by atoms with E-state index < -0.39 is 0 Å². The molecule has 2 aliphatic carbocycles. The number of carbonyl (C=O) groups is 1. The van der Waals surface area contributed by atoms with Crippen molar-refractivity contribution in [3.05, 3.63) is 22.8 Å². The number of phenolic OH excluding ortho intramolecular Hbond substituents is 2. The highest BCUT2D eigenvalue weighted by Gasteiger charge is 2.55. The zero-order valence-corrected chi connectivity index (χ0v) is 14.9. The van der Waals surface area contributed by atoms with E-state index in [2.05, 4.69) is 20.8 Å². The van der Waals surface area contributed by atoms with Gasteiger partial charge < -0.3 is 10.2 Å². The quantitative estimate of drug-likeness (QED) is 0.754. The van der Waals surface area contributed by atoms with Gasteiger partial charge in [-0.2, -0.15) is 0 Å². The zero-order valence-electron chi connectivity index (χ0n) is 14.9. The van der Waals surface area contributed by atoms with Gasteiger partial charge in [0.1, 0.15) is 5.78 Å². The van der Waals surface area contributed by atoms with Gasteiger partial charge in [0, 0.05) is 28.9 Å². The third-order valence-electron chi connectivity index (χ3n) is 6.20. The molecule has 0 spiro atoms. The lowest BCUT2D eigenvalue weighted by Gasteiger charge is -2.53. The lowest BCUT2D eigenvalue weighted by Crippen LogP contribution is -2.52. The van der Waals surface area contributed by atoms with Crippen LogP contribution >= 0.6 is 0 Å². The van der Waals surface area contributed by atoms with Gasteiger partial charge in [-0.1, -0.05) is 47.1 Å². The van der Waals surface area contributed by atoms with Gasteiger partial charge in [0.2, 0.25) is 0 Å². The lowest BCUT2D eigenvalue weighted by molar-refractivity contribution is -0.132. The fraction of sp³-hybridized carbons (Fsp3) is 0.650. The third-order valence-corrected chi connectivity index (χ3v) is 6.20. The molecular weight excluding hydrogens is 288 g/mol. The van der Waals surface area contributed by atoms with Crippen molar-refractivity contribution in [2.75, 3.05) is 0 Å². The normalized spacial score (nSPS) is 29.3. The van der Waals surface area contributed by atoms with Gasteiger partial charge in [-0.15, -0.1) is 0 Å². The van der Waals surface area contributed by atoms with Gasteiger partial charge in [-0.05, 0) is 29.7 Å². The molecule has 0 aromatic heterocycles. The molecule has 1 fully saturated rings. The molecule has 2 aliphatic rings. The number of rotatable bonds is 1. The molecule has 3 nitrogen and oxygen atoms in total. The fourth-order valence-corrected chi connectivity index (χ4v) is 5.36. The molecule has 1 aromatic carbocycles. The van der Waals surface area contributed by atoms with E-state index >= 15 is 0 Å². The molecule has 0 unspecified atom stereocenters. The van der Waals surface area contributed by atoms with Crippen molar-refractivity contribution in [3.63, 3.8) is 0 Å². The number of phenols is 2. The van der Waals surface area contributed by atoms with Gasteiger partial charge in [0.25, 0.3) is 0 Å². The molecule has 0 saturated heterocycles. The van der Waals surface area contributed by atoms with Crippen LogP contribution in [0.25, 0.3) is 0 Å². The zero-order chi connectivity index (χ0) is 17.2. The van der Waals surface area contributed by atoms with Crippen LogP contribution in [0.2, 0.25) is 0 Å². The summed E-state index contributed by atoms with van der Waals surface area (Å²) in [6.45, 7) is 10.4. The Morgan fingerprint density at radius 2 is 1.78 bits per heavy atom. The van der Waals surface area contributed by atoms with Gasteiger partial charge in [0.05, 0.1) is 0 Å². The maximum Gasteiger partial charge on any atom is 0.161 e. The molecule has 23 heavy (non-hydrogen) atoms. The molecule has 2 N–H and O–H groups in total. The Morgan fingerprint density at radius 3 is 2.39 bits per heavy atom. The summed E-state index contributed by atoms with van der Waals surface area (Å²) in [4.78, 5) is 12.9. The van der Waals surface area contributed by atoms with Gasteiger partial charge >= 0.3 is 0 Å². The molecule has 126 valence electrons. The first kappa shape index (κ1) is 16.4. The van der Waals surface area contributed by atoms with E-state index in [1.165, 1.54) is 0 Å². The Hall–Kier alpha value is -1.51. The minimum atomic E-state index is -0.385. The van der Waals surface area contributed by atoms with Crippen LogP contribution in [0.5, 0.6) is 11.5 Å². The van der Waals surface area contributed by atoms with Gasteiger partial charge in [-0.3, -0.25) is 4.79 Å². The minimum absolute atomic E-state index is 0.00328. The molecule has 0 radical (unpaired) electrons. The first-order valence-corrected chi connectivity index (χ1v) is 8.70. The Bertz CT molecular complexity index is 672. The summed E-state index contributed by atoms with van der Waals surface area (Å²) >= 11 is 0. The summed E-state index contributed by atoms with van der Waals surface area (Å²) in [6, 6.07) is 1.94. The van der Waals surface area contributed by atoms with E-state index in [9.17, 15) is 15.0 Å². The Kier molecular flexibility index (Phi) is 3.55. The summed E-state index contributed by atoms with van der Waals surface area (Å²) < 4.78 is 0. The number of hydrogen-bond donors (Lipinski definition) is 2. The van der Waals surface area contributed by atoms with Gasteiger partial charge in [-0.25, -0.2) is 0 Å². The van der Waals surface area contributed by atoms with Crippen molar-refractivity contribution in [1.82, 2.24) is 0 Å². The summed E-state index contributed by atoms with van der Waals surface area (Å²) in [5.74, 6) is 0.297. The molecule has 0 heterocycles. The molecule has 2 atom stereocenters. The van der Waals surface area contributed by atoms with Crippen molar-refractivity contribution in [3.8, 4) is 11.5 Å². The second-order valence-corrected chi connectivity index (χ2v) is 8.69. The number of hydrogen-bond acceptors (Lipinski definition) is 3. The first-order valence-electron chi connectivity index (χ1n) is 8.70. The maximum atomic E-state index is 12.9. The van der Waals surface area contributed by atoms with Crippen LogP contribution in [0.3, 0.4) is 0 Å². The van der Waals surface area contributed by atoms with E-state index in [0.717, 1.165) is 36.0 Å². The SMILES string of the molecule is CC(C)c1cc2c(c(O)c1O)[C@@]1(C)CCCC(C)(C)[C@@H]1C(=O)C2. The van der Waals surface area contributed by atoms with Crippen LogP contribution in [0.15, 0.2) is 6.07 Å². The maximum absolute atomic E-state index is 12.9. The average molecular weight is 316 g/mol. The van der Waals surface area contributed by atoms with Crippen LogP contribution in [-0.2, 0) is 16.6 Å². The molecule has 3 heteroatoms. The molecule has 3 rings (SSSR count). The number of carbonyl (C=O) groups excluding carboxylic acids is 1. The van der Waals surface area contributed by atoms with Crippen LogP contribution < -0.4 is 0 Å². The van der Waals surface area contributed by atoms with Crippen LogP contribution in [-0.4, -0.2) is 16.0 Å². The first-order chi connectivity index (χ1) is 10.6. The van der Waals surface area contributed by atoms with Crippen LogP contribution in [0.1, 0.15) is 76.5 Å². The summed E-state index contributed by atoms with van der Waals surface area (Å²) in [5, 5.41) is 21.3. The predicted octanol–water partition coefficient (Wildman–Crippen LogP) is 4.43. The predicted molar refractivity (Wildman–Crippen MR) is 91.0 cm³/mol. The van der Waals surface area contributed by atoms with E-state index in [0.29, 0.717) is 6.42 Å². The number of Topliss-reactive ketones (excluding diaryl/α,β-unsaturated/α-hetero) is 1. The molecule has 0 amide bonds. The molecule has 0 aliphatic heterocycles. The second-order valence-electron chi connectivity index (χ2n) is 8.69. The summed E-state index contributed by atoms with van der Waals surface area (Å²) in [6.07, 6.45) is 3.32. The number of ketones is 1. The molecule has 1 saturated carbocycles. The monoisotopic (exact) mass is 316 g/mol. The van der Waals surface area contributed by atoms with Gasteiger partial charge in [0.15, 0.2) is 11.5 Å². The van der Waals surface area contributed by atoms with E-state index in [1.54, 1.807) is 0 Å². The van der Waals surface area contributed by atoms with E-state index in [-0.39, 0.29) is 39.9 Å². The van der Waals surface area contributed by atoms with Crippen molar-refractivity contribution in [1.29, 1.82) is 0 Å². The van der Waals surface area contributed by atoms with Crippen molar-refractivity contribution < 1.29 is 15.0 Å². The fourth-order valence-electron chi connectivity index (χ4n) is 5.36. The Labute approximate surface area is 138 Å². The van der Waals surface area contributed by atoms with E-state index in [4.69, 9.17) is 0 Å². The van der Waals surface area contributed by atoms with Crippen molar-refractivity contribution in [2.24, 2.45) is 11.3 Å². The smallest absolute Gasteiger partial charge is 0.161 e. The standard InChI is InChI=1S/C20H28O3/c1-11(2)13-9-12-10-14(21)18-19(3,4)7-6-8-20(18,5)15(12)17(23)16(13)22/h9,11,18,22-23H,6-8,10H2,1-5H3/t18-,20+/m0/s1.